The largest absolute Gasteiger partial charge is 0.435 e. The monoisotopic (exact) mass is 618 g/mol. The van der Waals surface area contributed by atoms with Crippen molar-refractivity contribution in [3.8, 4) is 23.6 Å². The first-order valence-corrected chi connectivity index (χ1v) is 14.9. The maximum Gasteiger partial charge on any atom is 0.435 e. The number of piperazine rings is 1. The van der Waals surface area contributed by atoms with Crippen molar-refractivity contribution < 1.29 is 22.8 Å². The highest BCUT2D eigenvalue weighted by Gasteiger charge is 2.38. The smallest absolute Gasteiger partial charge is 0.335 e. The molecule has 2 aliphatic rings. The fourth-order valence-electron chi connectivity index (χ4n) is 6.14. The summed E-state index contributed by atoms with van der Waals surface area (Å²) in [5, 5.41) is 3.66. The van der Waals surface area contributed by atoms with Crippen molar-refractivity contribution in [2.24, 2.45) is 5.92 Å². The van der Waals surface area contributed by atoms with Crippen LogP contribution >= 0.6 is 0 Å². The van der Waals surface area contributed by atoms with Gasteiger partial charge in [0.2, 0.25) is 0 Å². The number of benzene rings is 1. The van der Waals surface area contributed by atoms with E-state index in [0.717, 1.165) is 35.3 Å². The number of halogens is 3. The van der Waals surface area contributed by atoms with Crippen LogP contribution in [0.5, 0.6) is 0 Å². The number of hydrogen-bond donors (Lipinski definition) is 0. The number of carbonyl (C=O) groups excluding carboxylic acids is 2. The minimum absolute atomic E-state index is 0.0555. The number of likely N-dealkylation sites (tertiary alicyclic amines) is 1. The van der Waals surface area contributed by atoms with Gasteiger partial charge in [0.15, 0.2) is 11.3 Å². The number of aryl methyl sites for hydroxylation is 1. The van der Waals surface area contributed by atoms with Crippen LogP contribution in [0.25, 0.3) is 16.9 Å². The SMILES string of the molecule is C#CCn1cc(-c2cnc3c(Cc4ccc(C(=O)N5CCN(C(=O)N6CC[C@@H](C)C6)CC5)c(C)c4)nccn23)c(C(F)(F)F)n1. The van der Waals surface area contributed by atoms with Crippen molar-refractivity contribution in [2.45, 2.75) is 39.4 Å². The molecule has 0 bridgehead atoms. The number of nitrogens with zero attached hydrogens (tertiary/aromatic N) is 8. The zero-order valence-corrected chi connectivity index (χ0v) is 25.1. The predicted molar refractivity (Wildman–Crippen MR) is 160 cm³/mol. The van der Waals surface area contributed by atoms with Crippen LogP contribution in [0.2, 0.25) is 0 Å². The molecule has 4 aromatic rings. The number of rotatable bonds is 5. The Balaban J connectivity index is 1.17. The number of imidazole rings is 1. The highest BCUT2D eigenvalue weighted by atomic mass is 19.4. The summed E-state index contributed by atoms with van der Waals surface area (Å²) < 4.78 is 44.1. The molecule has 0 N–H and O–H groups in total. The summed E-state index contributed by atoms with van der Waals surface area (Å²) in [5.74, 6) is 2.75. The molecule has 6 rings (SSSR count). The van der Waals surface area contributed by atoms with Crippen molar-refractivity contribution in [1.82, 2.24) is 38.8 Å². The van der Waals surface area contributed by atoms with Gasteiger partial charge in [-0.3, -0.25) is 18.9 Å². The van der Waals surface area contributed by atoms with E-state index in [1.807, 2.05) is 28.9 Å². The van der Waals surface area contributed by atoms with Crippen LogP contribution < -0.4 is 0 Å². The van der Waals surface area contributed by atoms with Gasteiger partial charge in [-0.05, 0) is 36.5 Å². The maximum atomic E-state index is 13.8. The van der Waals surface area contributed by atoms with Crippen LogP contribution in [0.4, 0.5) is 18.0 Å². The van der Waals surface area contributed by atoms with Gasteiger partial charge in [-0.15, -0.1) is 6.42 Å². The van der Waals surface area contributed by atoms with Crippen molar-refractivity contribution in [2.75, 3.05) is 39.3 Å². The molecule has 1 atom stereocenters. The molecule has 0 radical (unpaired) electrons. The van der Waals surface area contributed by atoms with Crippen molar-refractivity contribution >= 4 is 17.6 Å². The molecule has 2 fully saturated rings. The molecule has 234 valence electrons. The number of urea groups is 1. The first-order valence-electron chi connectivity index (χ1n) is 14.9. The molecule has 0 unspecified atom stereocenters. The standard InChI is InChI=1S/C32H33F3N8O2/c1-4-9-42-20-25(28(38-42)32(33,34)35)27-18-37-29-26(36-8-11-43(27)29)17-23-5-6-24(22(3)16-23)30(44)39-12-14-40(15-13-39)31(45)41-10-7-21(2)19-41/h1,5-6,8,11,16,18,20-21H,7,9-10,12-15,17,19H2,2-3H3/t21-/m1/s1. The molecule has 13 heteroatoms. The van der Waals surface area contributed by atoms with E-state index in [2.05, 4.69) is 27.9 Å². The van der Waals surface area contributed by atoms with E-state index in [-0.39, 0.29) is 29.7 Å². The quantitative estimate of drug-likeness (QED) is 0.310. The summed E-state index contributed by atoms with van der Waals surface area (Å²) in [5.41, 5.74) is 2.30. The second kappa shape index (κ2) is 11.9. The number of carbonyl (C=O) groups is 2. The third-order valence-electron chi connectivity index (χ3n) is 8.49. The van der Waals surface area contributed by atoms with E-state index in [0.29, 0.717) is 55.4 Å². The Morgan fingerprint density at radius 3 is 2.49 bits per heavy atom. The van der Waals surface area contributed by atoms with Gasteiger partial charge in [0.25, 0.3) is 5.91 Å². The first-order chi connectivity index (χ1) is 21.5. The van der Waals surface area contributed by atoms with Gasteiger partial charge in [-0.25, -0.2) is 9.78 Å². The Morgan fingerprint density at radius 1 is 1.07 bits per heavy atom. The highest BCUT2D eigenvalue weighted by Crippen LogP contribution is 2.36. The Kier molecular flexibility index (Phi) is 7.99. The molecule has 3 amide bonds. The van der Waals surface area contributed by atoms with Gasteiger partial charge in [-0.1, -0.05) is 25.0 Å². The minimum atomic E-state index is -4.68. The van der Waals surface area contributed by atoms with Crippen molar-refractivity contribution in [3.05, 3.63) is 71.1 Å². The van der Waals surface area contributed by atoms with Crippen LogP contribution in [0.1, 0.15) is 46.2 Å². The molecule has 5 heterocycles. The topological polar surface area (TPSA) is 91.9 Å². The summed E-state index contributed by atoms with van der Waals surface area (Å²) in [6.45, 7) is 7.45. The molecule has 3 aromatic heterocycles. The second-order valence-electron chi connectivity index (χ2n) is 11.7. The predicted octanol–water partition coefficient (Wildman–Crippen LogP) is 4.36. The fourth-order valence-corrected chi connectivity index (χ4v) is 6.14. The van der Waals surface area contributed by atoms with Crippen LogP contribution in [0, 0.1) is 25.2 Å². The summed E-state index contributed by atoms with van der Waals surface area (Å²) in [4.78, 5) is 40.7. The number of aromatic nitrogens is 5. The van der Waals surface area contributed by atoms with Gasteiger partial charge in [0.05, 0.1) is 23.1 Å². The van der Waals surface area contributed by atoms with E-state index in [1.54, 1.807) is 21.6 Å². The molecule has 0 saturated carbocycles. The summed E-state index contributed by atoms with van der Waals surface area (Å²) >= 11 is 0. The number of amides is 3. The van der Waals surface area contributed by atoms with Gasteiger partial charge in [0.1, 0.15) is 6.54 Å². The Hall–Kier alpha value is -4.86. The minimum Gasteiger partial charge on any atom is -0.335 e. The molecule has 0 spiro atoms. The van der Waals surface area contributed by atoms with Crippen LogP contribution in [-0.4, -0.2) is 90.1 Å². The third kappa shape index (κ3) is 5.96. The van der Waals surface area contributed by atoms with Gasteiger partial charge < -0.3 is 14.7 Å². The lowest BCUT2D eigenvalue weighted by molar-refractivity contribution is -0.141. The maximum absolute atomic E-state index is 13.8. The zero-order chi connectivity index (χ0) is 31.9. The number of hydrogen-bond acceptors (Lipinski definition) is 5. The van der Waals surface area contributed by atoms with E-state index in [1.165, 1.54) is 18.6 Å². The molecule has 45 heavy (non-hydrogen) atoms. The van der Waals surface area contributed by atoms with Crippen LogP contribution in [0.15, 0.2) is 43.0 Å². The lowest BCUT2D eigenvalue weighted by Crippen LogP contribution is -2.53. The lowest BCUT2D eigenvalue weighted by atomic mass is 10.0. The fraction of sp³-hybridized carbons (Fsp3) is 0.406. The summed E-state index contributed by atoms with van der Waals surface area (Å²) in [7, 11) is 0. The third-order valence-corrected chi connectivity index (χ3v) is 8.49. The number of terminal acetylenes is 1. The van der Waals surface area contributed by atoms with Gasteiger partial charge in [0, 0.05) is 69.8 Å². The van der Waals surface area contributed by atoms with E-state index < -0.39 is 11.9 Å². The van der Waals surface area contributed by atoms with Crippen LogP contribution in [-0.2, 0) is 19.1 Å². The van der Waals surface area contributed by atoms with Gasteiger partial charge >= 0.3 is 12.2 Å². The summed E-state index contributed by atoms with van der Waals surface area (Å²) in [6, 6.07) is 5.63. The molecular weight excluding hydrogens is 585 g/mol. The number of alkyl halides is 3. The molecule has 2 saturated heterocycles. The van der Waals surface area contributed by atoms with Crippen molar-refractivity contribution in [3.63, 3.8) is 0 Å². The van der Waals surface area contributed by atoms with Crippen molar-refractivity contribution in [1.29, 1.82) is 0 Å². The number of fused-ring (bicyclic) bond motifs is 1. The molecular formula is C32H33F3N8O2. The highest BCUT2D eigenvalue weighted by molar-refractivity contribution is 5.96. The van der Waals surface area contributed by atoms with E-state index in [9.17, 15) is 22.8 Å². The average Bonchev–Trinajstić information content (AvgIpc) is 3.75. The normalized spacial score (nSPS) is 17.2. The second-order valence-corrected chi connectivity index (χ2v) is 11.7. The Bertz CT molecular complexity index is 1800. The average molecular weight is 619 g/mol. The summed E-state index contributed by atoms with van der Waals surface area (Å²) in [6.07, 6.45) is 7.72. The van der Waals surface area contributed by atoms with E-state index in [4.69, 9.17) is 6.42 Å². The zero-order valence-electron chi connectivity index (χ0n) is 25.1. The molecule has 10 nitrogen and oxygen atoms in total. The molecule has 2 aliphatic heterocycles. The van der Waals surface area contributed by atoms with Gasteiger partial charge in [-0.2, -0.15) is 18.3 Å². The Labute approximate surface area is 258 Å². The van der Waals surface area contributed by atoms with Crippen LogP contribution in [0.3, 0.4) is 0 Å². The molecule has 0 aliphatic carbocycles. The lowest BCUT2D eigenvalue weighted by Gasteiger charge is -2.37. The van der Waals surface area contributed by atoms with E-state index >= 15 is 0 Å². The molecule has 1 aromatic carbocycles. The Morgan fingerprint density at radius 2 is 1.82 bits per heavy atom. The first kappa shape index (κ1) is 30.2.